The minimum atomic E-state index is 0.673. The van der Waals surface area contributed by atoms with Crippen molar-refractivity contribution in [2.45, 2.75) is 58.2 Å². The van der Waals surface area contributed by atoms with E-state index in [9.17, 15) is 0 Å². The number of furan rings is 1. The number of piperidine rings is 1. The van der Waals surface area contributed by atoms with Gasteiger partial charge in [-0.15, -0.1) is 0 Å². The van der Waals surface area contributed by atoms with E-state index in [0.717, 1.165) is 37.3 Å². The zero-order valence-electron chi connectivity index (χ0n) is 13.2. The normalized spacial score (nSPS) is 20.0. The molecule has 0 amide bonds. The van der Waals surface area contributed by atoms with Gasteiger partial charge in [0.05, 0.1) is 19.8 Å². The van der Waals surface area contributed by atoms with Crippen LogP contribution in [0.3, 0.4) is 0 Å². The van der Waals surface area contributed by atoms with E-state index >= 15 is 0 Å². The summed E-state index contributed by atoms with van der Waals surface area (Å²) in [5, 5.41) is 3.48. The lowest BCUT2D eigenvalue weighted by Crippen LogP contribution is -2.32. The van der Waals surface area contributed by atoms with Crippen molar-refractivity contribution >= 4 is 0 Å². The SMILES string of the molecule is Cc1oc(CNC2CC2)cc1COCCN1CCCCC1. The highest BCUT2D eigenvalue weighted by Crippen LogP contribution is 2.21. The number of rotatable bonds is 8. The van der Waals surface area contributed by atoms with Crippen molar-refractivity contribution in [2.24, 2.45) is 0 Å². The Kier molecular flexibility index (Phi) is 5.33. The zero-order valence-corrected chi connectivity index (χ0v) is 13.2. The lowest BCUT2D eigenvalue weighted by atomic mass is 10.1. The summed E-state index contributed by atoms with van der Waals surface area (Å²) in [6.07, 6.45) is 6.71. The average molecular weight is 292 g/mol. The number of hydrogen-bond donors (Lipinski definition) is 1. The molecule has 3 rings (SSSR count). The summed E-state index contributed by atoms with van der Waals surface area (Å²) in [4.78, 5) is 2.51. The predicted octanol–water partition coefficient (Wildman–Crippen LogP) is 2.84. The van der Waals surface area contributed by atoms with Crippen LogP contribution in [-0.4, -0.2) is 37.2 Å². The van der Waals surface area contributed by atoms with Gasteiger partial charge in [-0.05, 0) is 51.8 Å². The highest BCUT2D eigenvalue weighted by Gasteiger charge is 2.20. The summed E-state index contributed by atoms with van der Waals surface area (Å²) in [6, 6.07) is 2.87. The molecule has 4 nitrogen and oxygen atoms in total. The van der Waals surface area contributed by atoms with Gasteiger partial charge in [0.15, 0.2) is 0 Å². The number of hydrogen-bond acceptors (Lipinski definition) is 4. The summed E-state index contributed by atoms with van der Waals surface area (Å²) < 4.78 is 11.6. The minimum Gasteiger partial charge on any atom is -0.465 e. The van der Waals surface area contributed by atoms with Crippen molar-refractivity contribution in [1.82, 2.24) is 10.2 Å². The minimum absolute atomic E-state index is 0.673. The van der Waals surface area contributed by atoms with E-state index in [4.69, 9.17) is 9.15 Å². The summed E-state index contributed by atoms with van der Waals surface area (Å²) in [6.45, 7) is 7.92. The van der Waals surface area contributed by atoms with Crippen LogP contribution in [0.25, 0.3) is 0 Å². The van der Waals surface area contributed by atoms with Gasteiger partial charge in [-0.3, -0.25) is 0 Å². The molecule has 0 bridgehead atoms. The van der Waals surface area contributed by atoms with Gasteiger partial charge in [0, 0.05) is 18.2 Å². The predicted molar refractivity (Wildman–Crippen MR) is 83.3 cm³/mol. The summed E-state index contributed by atoms with van der Waals surface area (Å²) >= 11 is 0. The Labute approximate surface area is 127 Å². The molecule has 0 spiro atoms. The molecule has 2 aliphatic rings. The summed E-state index contributed by atoms with van der Waals surface area (Å²) in [5.41, 5.74) is 1.20. The standard InChI is InChI=1S/C17H28N2O2/c1-14-15(11-17(21-14)12-18-16-5-6-16)13-20-10-9-19-7-3-2-4-8-19/h11,16,18H,2-10,12-13H2,1H3. The molecule has 1 aliphatic heterocycles. The Morgan fingerprint density at radius 2 is 2.10 bits per heavy atom. The van der Waals surface area contributed by atoms with Gasteiger partial charge in [-0.1, -0.05) is 6.42 Å². The van der Waals surface area contributed by atoms with Gasteiger partial charge in [0.2, 0.25) is 0 Å². The molecule has 1 aromatic heterocycles. The van der Waals surface area contributed by atoms with Crippen LogP contribution in [-0.2, 0) is 17.9 Å². The second kappa shape index (κ2) is 7.43. The van der Waals surface area contributed by atoms with Gasteiger partial charge < -0.3 is 19.4 Å². The highest BCUT2D eigenvalue weighted by molar-refractivity contribution is 5.20. The Morgan fingerprint density at radius 3 is 2.86 bits per heavy atom. The van der Waals surface area contributed by atoms with Crippen LogP contribution < -0.4 is 5.32 Å². The van der Waals surface area contributed by atoms with Crippen LogP contribution in [0.1, 0.15) is 49.2 Å². The fourth-order valence-electron chi connectivity index (χ4n) is 2.91. The maximum Gasteiger partial charge on any atom is 0.118 e. The fraction of sp³-hybridized carbons (Fsp3) is 0.765. The Balaban J connectivity index is 1.35. The molecule has 4 heteroatoms. The van der Waals surface area contributed by atoms with Crippen LogP contribution in [0.4, 0.5) is 0 Å². The van der Waals surface area contributed by atoms with Gasteiger partial charge in [-0.2, -0.15) is 0 Å². The van der Waals surface area contributed by atoms with Crippen molar-refractivity contribution in [3.05, 3.63) is 23.2 Å². The molecule has 0 unspecified atom stereocenters. The van der Waals surface area contributed by atoms with E-state index in [0.29, 0.717) is 6.61 Å². The highest BCUT2D eigenvalue weighted by atomic mass is 16.5. The van der Waals surface area contributed by atoms with Crippen LogP contribution in [0, 0.1) is 6.92 Å². The largest absolute Gasteiger partial charge is 0.465 e. The van der Waals surface area contributed by atoms with Crippen molar-refractivity contribution in [3.8, 4) is 0 Å². The van der Waals surface area contributed by atoms with E-state index in [1.807, 2.05) is 6.92 Å². The zero-order chi connectivity index (χ0) is 14.5. The first-order valence-electron chi connectivity index (χ1n) is 8.43. The average Bonchev–Trinajstić information content (AvgIpc) is 3.27. The molecule has 1 N–H and O–H groups in total. The fourth-order valence-corrected chi connectivity index (χ4v) is 2.91. The third kappa shape index (κ3) is 4.83. The number of nitrogens with one attached hydrogen (secondary N) is 1. The second-order valence-corrected chi connectivity index (χ2v) is 6.40. The van der Waals surface area contributed by atoms with E-state index in [-0.39, 0.29) is 0 Å². The molecule has 2 fully saturated rings. The number of aryl methyl sites for hydroxylation is 1. The maximum atomic E-state index is 5.83. The maximum absolute atomic E-state index is 5.83. The van der Waals surface area contributed by atoms with E-state index < -0.39 is 0 Å². The smallest absolute Gasteiger partial charge is 0.118 e. The molecule has 0 aromatic carbocycles. The molecule has 1 aliphatic carbocycles. The van der Waals surface area contributed by atoms with Crippen molar-refractivity contribution in [2.75, 3.05) is 26.2 Å². The van der Waals surface area contributed by atoms with Gasteiger partial charge in [-0.25, -0.2) is 0 Å². The second-order valence-electron chi connectivity index (χ2n) is 6.40. The number of likely N-dealkylation sites (tertiary alicyclic amines) is 1. The molecule has 1 saturated carbocycles. The number of nitrogens with zero attached hydrogens (tertiary/aromatic N) is 1. The van der Waals surface area contributed by atoms with Crippen LogP contribution in [0.5, 0.6) is 0 Å². The third-order valence-corrected chi connectivity index (χ3v) is 4.47. The first kappa shape index (κ1) is 15.1. The van der Waals surface area contributed by atoms with Crippen molar-refractivity contribution in [1.29, 1.82) is 0 Å². The molecular formula is C17H28N2O2. The first-order chi connectivity index (χ1) is 10.3. The molecule has 118 valence electrons. The van der Waals surface area contributed by atoms with Crippen molar-refractivity contribution in [3.63, 3.8) is 0 Å². The molecule has 1 saturated heterocycles. The van der Waals surface area contributed by atoms with Gasteiger partial charge in [0.1, 0.15) is 11.5 Å². The molecule has 2 heterocycles. The first-order valence-corrected chi connectivity index (χ1v) is 8.43. The molecule has 21 heavy (non-hydrogen) atoms. The van der Waals surface area contributed by atoms with Crippen LogP contribution >= 0.6 is 0 Å². The van der Waals surface area contributed by atoms with Crippen LogP contribution in [0.2, 0.25) is 0 Å². The Hall–Kier alpha value is -0.840. The van der Waals surface area contributed by atoms with E-state index in [1.165, 1.54) is 50.8 Å². The molecule has 0 atom stereocenters. The van der Waals surface area contributed by atoms with Gasteiger partial charge in [0.25, 0.3) is 0 Å². The monoisotopic (exact) mass is 292 g/mol. The lowest BCUT2D eigenvalue weighted by molar-refractivity contribution is 0.0857. The topological polar surface area (TPSA) is 37.6 Å². The summed E-state index contributed by atoms with van der Waals surface area (Å²) in [5.74, 6) is 2.04. The molecule has 1 aromatic rings. The lowest BCUT2D eigenvalue weighted by Gasteiger charge is -2.26. The van der Waals surface area contributed by atoms with Crippen molar-refractivity contribution < 1.29 is 9.15 Å². The third-order valence-electron chi connectivity index (χ3n) is 4.47. The number of ether oxygens (including phenoxy) is 1. The van der Waals surface area contributed by atoms with E-state index in [1.54, 1.807) is 0 Å². The van der Waals surface area contributed by atoms with Crippen LogP contribution in [0.15, 0.2) is 10.5 Å². The Bertz CT molecular complexity index is 434. The molecule has 0 radical (unpaired) electrons. The quantitative estimate of drug-likeness (QED) is 0.748. The summed E-state index contributed by atoms with van der Waals surface area (Å²) in [7, 11) is 0. The van der Waals surface area contributed by atoms with Gasteiger partial charge >= 0.3 is 0 Å². The van der Waals surface area contributed by atoms with E-state index in [2.05, 4.69) is 16.3 Å². The molecular weight excluding hydrogens is 264 g/mol. The Morgan fingerprint density at radius 1 is 1.29 bits per heavy atom.